The lowest BCUT2D eigenvalue weighted by Crippen LogP contribution is -2.44. The zero-order valence-electron chi connectivity index (χ0n) is 13.2. The van der Waals surface area contributed by atoms with Gasteiger partial charge in [-0.05, 0) is 33.5 Å². The highest BCUT2D eigenvalue weighted by Gasteiger charge is 2.21. The van der Waals surface area contributed by atoms with E-state index < -0.39 is 0 Å². The van der Waals surface area contributed by atoms with Crippen molar-refractivity contribution in [1.82, 2.24) is 20.1 Å². The van der Waals surface area contributed by atoms with Crippen LogP contribution < -0.4 is 5.32 Å². The van der Waals surface area contributed by atoms with Crippen LogP contribution in [0.2, 0.25) is 0 Å². The van der Waals surface area contributed by atoms with E-state index >= 15 is 0 Å². The van der Waals surface area contributed by atoms with E-state index in [0.717, 1.165) is 13.1 Å². The number of thiazole rings is 1. The maximum Gasteiger partial charge on any atom is 0.107 e. The summed E-state index contributed by atoms with van der Waals surface area (Å²) in [6.45, 7) is 8.62. The van der Waals surface area contributed by atoms with Crippen LogP contribution in [0.4, 0.5) is 0 Å². The third kappa shape index (κ3) is 4.81. The Morgan fingerprint density at radius 3 is 3.00 bits per heavy atom. The van der Waals surface area contributed by atoms with Crippen molar-refractivity contribution in [2.45, 2.75) is 51.9 Å². The lowest BCUT2D eigenvalue weighted by molar-refractivity contribution is 0.127. The van der Waals surface area contributed by atoms with Gasteiger partial charge in [0.1, 0.15) is 5.01 Å². The van der Waals surface area contributed by atoms with Crippen molar-refractivity contribution in [1.29, 1.82) is 0 Å². The van der Waals surface area contributed by atoms with Gasteiger partial charge in [0.2, 0.25) is 0 Å². The highest BCUT2D eigenvalue weighted by molar-refractivity contribution is 7.09. The third-order valence-corrected chi connectivity index (χ3v) is 4.76. The lowest BCUT2D eigenvalue weighted by atomic mass is 10.0. The molecule has 0 radical (unpaired) electrons. The van der Waals surface area contributed by atoms with Crippen LogP contribution in [0.25, 0.3) is 0 Å². The number of rotatable bonds is 6. The molecule has 1 fully saturated rings. The number of likely N-dealkylation sites (N-methyl/N-ethyl adjacent to an activating group) is 1. The molecular formula is C15H28N4S. The molecule has 0 aromatic carbocycles. The van der Waals surface area contributed by atoms with Crippen LogP contribution in [0.5, 0.6) is 0 Å². The Balaban J connectivity index is 1.83. The molecule has 20 heavy (non-hydrogen) atoms. The number of hydrogen-bond donors (Lipinski definition) is 1. The van der Waals surface area contributed by atoms with Crippen LogP contribution in [0.1, 0.15) is 37.4 Å². The first-order valence-electron chi connectivity index (χ1n) is 7.60. The average molecular weight is 296 g/mol. The van der Waals surface area contributed by atoms with Gasteiger partial charge in [-0.3, -0.25) is 4.90 Å². The van der Waals surface area contributed by atoms with Gasteiger partial charge in [0, 0.05) is 37.1 Å². The maximum absolute atomic E-state index is 4.75. The number of hydrogen-bond acceptors (Lipinski definition) is 5. The van der Waals surface area contributed by atoms with Crippen LogP contribution in [-0.4, -0.2) is 54.1 Å². The first-order valence-corrected chi connectivity index (χ1v) is 8.48. The molecule has 114 valence electrons. The quantitative estimate of drug-likeness (QED) is 0.872. The smallest absolute Gasteiger partial charge is 0.107 e. The molecule has 1 aromatic heterocycles. The van der Waals surface area contributed by atoms with Gasteiger partial charge in [0.25, 0.3) is 0 Å². The van der Waals surface area contributed by atoms with Crippen molar-refractivity contribution in [3.05, 3.63) is 16.1 Å². The van der Waals surface area contributed by atoms with Crippen molar-refractivity contribution in [3.63, 3.8) is 0 Å². The summed E-state index contributed by atoms with van der Waals surface area (Å²) in [4.78, 5) is 9.64. The summed E-state index contributed by atoms with van der Waals surface area (Å²) >= 11 is 1.78. The van der Waals surface area contributed by atoms with E-state index in [4.69, 9.17) is 4.98 Å². The highest BCUT2D eigenvalue weighted by Crippen LogP contribution is 2.17. The third-order valence-electron chi connectivity index (χ3n) is 3.86. The predicted octanol–water partition coefficient (Wildman–Crippen LogP) is 2.17. The lowest BCUT2D eigenvalue weighted by Gasteiger charge is -2.35. The molecular weight excluding hydrogens is 268 g/mol. The molecule has 1 N–H and O–H groups in total. The standard InChI is InChI=1S/C15H28N4S/c1-12(2)16-8-15-17-13(11-20-15)9-19-7-5-6-14(10-19)18(3)4/h11-12,14,16H,5-10H2,1-4H3. The monoisotopic (exact) mass is 296 g/mol. The molecule has 0 saturated carbocycles. The molecule has 1 unspecified atom stereocenters. The Morgan fingerprint density at radius 1 is 1.50 bits per heavy atom. The van der Waals surface area contributed by atoms with Crippen molar-refractivity contribution < 1.29 is 0 Å². The molecule has 1 atom stereocenters. The molecule has 5 heteroatoms. The normalized spacial score (nSPS) is 21.0. The summed E-state index contributed by atoms with van der Waals surface area (Å²) in [7, 11) is 4.37. The zero-order chi connectivity index (χ0) is 14.5. The van der Waals surface area contributed by atoms with Crippen molar-refractivity contribution in [2.24, 2.45) is 0 Å². The summed E-state index contributed by atoms with van der Waals surface area (Å²) < 4.78 is 0. The molecule has 0 bridgehead atoms. The van der Waals surface area contributed by atoms with Crippen LogP contribution >= 0.6 is 11.3 Å². The molecule has 1 aliphatic heterocycles. The van der Waals surface area contributed by atoms with E-state index in [1.807, 2.05) is 0 Å². The molecule has 2 heterocycles. The van der Waals surface area contributed by atoms with Crippen molar-refractivity contribution in [2.75, 3.05) is 27.2 Å². The molecule has 1 aliphatic rings. The summed E-state index contributed by atoms with van der Waals surface area (Å²) in [5, 5.41) is 6.85. The Bertz CT molecular complexity index is 402. The largest absolute Gasteiger partial charge is 0.308 e. The number of aromatic nitrogens is 1. The number of nitrogens with zero attached hydrogens (tertiary/aromatic N) is 3. The first kappa shape index (κ1) is 15.9. The fourth-order valence-corrected chi connectivity index (χ4v) is 3.36. The summed E-state index contributed by atoms with van der Waals surface area (Å²) in [6, 6.07) is 1.22. The minimum Gasteiger partial charge on any atom is -0.308 e. The van der Waals surface area contributed by atoms with E-state index in [1.54, 1.807) is 11.3 Å². The number of likely N-dealkylation sites (tertiary alicyclic amines) is 1. The van der Waals surface area contributed by atoms with E-state index in [-0.39, 0.29) is 0 Å². The summed E-state index contributed by atoms with van der Waals surface area (Å²) in [6.07, 6.45) is 2.62. The first-order chi connectivity index (χ1) is 9.54. The van der Waals surface area contributed by atoms with Gasteiger partial charge in [0.05, 0.1) is 5.69 Å². The van der Waals surface area contributed by atoms with E-state index in [9.17, 15) is 0 Å². The van der Waals surface area contributed by atoms with Gasteiger partial charge in [-0.2, -0.15) is 0 Å². The van der Waals surface area contributed by atoms with Crippen LogP contribution in [0.15, 0.2) is 5.38 Å². The topological polar surface area (TPSA) is 31.4 Å². The summed E-state index contributed by atoms with van der Waals surface area (Å²) in [5.41, 5.74) is 1.23. The minimum absolute atomic E-state index is 0.519. The fourth-order valence-electron chi connectivity index (χ4n) is 2.62. The van der Waals surface area contributed by atoms with Crippen LogP contribution in [0.3, 0.4) is 0 Å². The molecule has 1 aromatic rings. The van der Waals surface area contributed by atoms with Crippen LogP contribution in [0, 0.1) is 0 Å². The minimum atomic E-state index is 0.519. The van der Waals surface area contributed by atoms with Gasteiger partial charge in [-0.15, -0.1) is 11.3 Å². The maximum atomic E-state index is 4.75. The molecule has 4 nitrogen and oxygen atoms in total. The van der Waals surface area contributed by atoms with Gasteiger partial charge in [0.15, 0.2) is 0 Å². The second kappa shape index (κ2) is 7.50. The van der Waals surface area contributed by atoms with E-state index in [0.29, 0.717) is 12.1 Å². The average Bonchev–Trinajstić information content (AvgIpc) is 2.84. The number of piperidine rings is 1. The Labute approximate surface area is 127 Å². The van der Waals surface area contributed by atoms with Crippen LogP contribution in [-0.2, 0) is 13.1 Å². The SMILES string of the molecule is CC(C)NCc1nc(CN2CCCC(N(C)C)C2)cs1. The summed E-state index contributed by atoms with van der Waals surface area (Å²) in [5.74, 6) is 0. The second-order valence-corrected chi connectivity index (χ2v) is 7.21. The van der Waals surface area contributed by atoms with Crippen molar-refractivity contribution >= 4 is 11.3 Å². The van der Waals surface area contributed by atoms with Crippen molar-refractivity contribution in [3.8, 4) is 0 Å². The Hall–Kier alpha value is -0.490. The predicted molar refractivity (Wildman–Crippen MR) is 86.1 cm³/mol. The van der Waals surface area contributed by atoms with E-state index in [1.165, 1.54) is 36.6 Å². The zero-order valence-corrected chi connectivity index (χ0v) is 14.0. The molecule has 0 spiro atoms. The molecule has 0 amide bonds. The highest BCUT2D eigenvalue weighted by atomic mass is 32.1. The van der Waals surface area contributed by atoms with Gasteiger partial charge in [-0.25, -0.2) is 4.98 Å². The molecule has 2 rings (SSSR count). The molecule has 0 aliphatic carbocycles. The second-order valence-electron chi connectivity index (χ2n) is 6.26. The Morgan fingerprint density at radius 2 is 2.30 bits per heavy atom. The van der Waals surface area contributed by atoms with Gasteiger partial charge >= 0.3 is 0 Å². The Kier molecular flexibility index (Phi) is 5.96. The number of nitrogens with one attached hydrogen (secondary N) is 1. The van der Waals surface area contributed by atoms with Gasteiger partial charge < -0.3 is 10.2 Å². The van der Waals surface area contributed by atoms with E-state index in [2.05, 4.69) is 48.4 Å². The fraction of sp³-hybridized carbons (Fsp3) is 0.800. The van der Waals surface area contributed by atoms with Gasteiger partial charge in [-0.1, -0.05) is 13.8 Å². The molecule has 1 saturated heterocycles.